The highest BCUT2D eigenvalue weighted by Crippen LogP contribution is 2.27. The van der Waals surface area contributed by atoms with E-state index < -0.39 is 0 Å². The first-order valence-electron chi connectivity index (χ1n) is 10.3. The van der Waals surface area contributed by atoms with E-state index in [1.54, 1.807) is 19.1 Å². The van der Waals surface area contributed by atoms with Crippen molar-refractivity contribution in [1.82, 2.24) is 5.32 Å². The molecule has 0 aromatic heterocycles. The Labute approximate surface area is 184 Å². The standard InChI is InChI=1S/C26H28N4O/c1-5-14-28-26-23(18(4)17(2)3)16-24(30-26)20-8-12-22(13-9-20)29-25(31)15-19-6-10-21(27)11-7-19/h6-13,16-17H,15,27H2,1-4H3,(H,28,30)(H,29,31)/b23-18+. The van der Waals surface area contributed by atoms with Gasteiger partial charge in [-0.15, -0.1) is 0 Å². The lowest BCUT2D eigenvalue weighted by Crippen LogP contribution is -2.18. The summed E-state index contributed by atoms with van der Waals surface area (Å²) in [6.07, 6.45) is 2.41. The number of nitrogen functional groups attached to an aromatic ring is 1. The number of benzene rings is 2. The quantitative estimate of drug-likeness (QED) is 0.490. The largest absolute Gasteiger partial charge is 0.399 e. The van der Waals surface area contributed by atoms with E-state index in [9.17, 15) is 4.79 Å². The summed E-state index contributed by atoms with van der Waals surface area (Å²) >= 11 is 0. The second-order valence-electron chi connectivity index (χ2n) is 7.80. The van der Waals surface area contributed by atoms with E-state index in [-0.39, 0.29) is 5.91 Å². The Morgan fingerprint density at radius 1 is 1.13 bits per heavy atom. The topological polar surface area (TPSA) is 79.5 Å². The second-order valence-corrected chi connectivity index (χ2v) is 7.80. The molecule has 3 rings (SSSR count). The zero-order valence-electron chi connectivity index (χ0n) is 18.4. The number of amidine groups is 1. The number of nitrogens with two attached hydrogens (primary N) is 1. The molecular formula is C26H28N4O. The summed E-state index contributed by atoms with van der Waals surface area (Å²) in [5.41, 5.74) is 12.4. The molecule has 1 amide bonds. The number of nitrogens with zero attached hydrogens (tertiary/aromatic N) is 1. The lowest BCUT2D eigenvalue weighted by Gasteiger charge is -2.09. The van der Waals surface area contributed by atoms with E-state index in [2.05, 4.69) is 54.4 Å². The van der Waals surface area contributed by atoms with Gasteiger partial charge in [0.25, 0.3) is 0 Å². The molecule has 5 nitrogen and oxygen atoms in total. The Balaban J connectivity index is 1.73. The molecule has 0 spiro atoms. The van der Waals surface area contributed by atoms with Crippen molar-refractivity contribution < 1.29 is 4.79 Å². The van der Waals surface area contributed by atoms with E-state index in [0.29, 0.717) is 18.0 Å². The Bertz CT molecular complexity index is 1110. The molecule has 1 aliphatic heterocycles. The van der Waals surface area contributed by atoms with Crippen LogP contribution < -0.4 is 16.4 Å². The molecule has 2 aromatic carbocycles. The fourth-order valence-electron chi connectivity index (χ4n) is 3.17. The van der Waals surface area contributed by atoms with Crippen LogP contribution in [0.2, 0.25) is 0 Å². The molecule has 0 bridgehead atoms. The minimum Gasteiger partial charge on any atom is -0.399 e. The van der Waals surface area contributed by atoms with Crippen LogP contribution >= 0.6 is 0 Å². The van der Waals surface area contributed by atoms with Gasteiger partial charge in [0.15, 0.2) is 0 Å². The number of rotatable bonds is 5. The van der Waals surface area contributed by atoms with Gasteiger partial charge in [-0.1, -0.05) is 49.6 Å². The molecular weight excluding hydrogens is 384 g/mol. The first kappa shape index (κ1) is 21.9. The molecule has 1 aliphatic rings. The van der Waals surface area contributed by atoms with Crippen molar-refractivity contribution in [3.05, 3.63) is 76.9 Å². The van der Waals surface area contributed by atoms with Gasteiger partial charge >= 0.3 is 0 Å². The van der Waals surface area contributed by atoms with Crippen LogP contribution in [0.3, 0.4) is 0 Å². The molecule has 158 valence electrons. The molecule has 0 saturated carbocycles. The maximum atomic E-state index is 12.3. The minimum absolute atomic E-state index is 0.0685. The van der Waals surface area contributed by atoms with Crippen LogP contribution in [0, 0.1) is 17.9 Å². The molecule has 0 saturated heterocycles. The molecule has 0 radical (unpaired) electrons. The number of hydrogen-bond donors (Lipinski definition) is 3. The second kappa shape index (κ2) is 9.82. The van der Waals surface area contributed by atoms with Crippen molar-refractivity contribution in [3.63, 3.8) is 0 Å². The van der Waals surface area contributed by atoms with E-state index in [0.717, 1.165) is 33.9 Å². The van der Waals surface area contributed by atoms with Crippen molar-refractivity contribution in [3.8, 4) is 12.0 Å². The Morgan fingerprint density at radius 2 is 1.81 bits per heavy atom. The predicted octanol–water partition coefficient (Wildman–Crippen LogP) is 4.75. The zero-order chi connectivity index (χ0) is 22.4. The smallest absolute Gasteiger partial charge is 0.228 e. The number of aliphatic imine (C=N–C) groups is 1. The monoisotopic (exact) mass is 412 g/mol. The van der Waals surface area contributed by atoms with Crippen LogP contribution in [0.1, 0.15) is 38.8 Å². The van der Waals surface area contributed by atoms with Gasteiger partial charge in [-0.05, 0) is 61.2 Å². The van der Waals surface area contributed by atoms with Gasteiger partial charge in [-0.2, -0.15) is 4.99 Å². The summed E-state index contributed by atoms with van der Waals surface area (Å²) in [7, 11) is 0. The molecule has 0 aliphatic carbocycles. The number of amides is 1. The van der Waals surface area contributed by atoms with Crippen LogP contribution in [-0.2, 0) is 11.2 Å². The van der Waals surface area contributed by atoms with Crippen LogP contribution in [0.4, 0.5) is 11.4 Å². The number of allylic oxidation sites excluding steroid dienone is 1. The summed E-state index contributed by atoms with van der Waals surface area (Å²) in [6, 6.07) is 17.9. The maximum Gasteiger partial charge on any atom is 0.228 e. The number of nitrogens with one attached hydrogen (secondary N) is 2. The molecule has 2 aromatic rings. The van der Waals surface area contributed by atoms with Gasteiger partial charge in [0.2, 0.25) is 5.91 Å². The Hall–Kier alpha value is -3.78. The van der Waals surface area contributed by atoms with E-state index >= 15 is 0 Å². The first-order chi connectivity index (χ1) is 14.9. The van der Waals surface area contributed by atoms with Gasteiger partial charge in [0.1, 0.15) is 5.84 Å². The summed E-state index contributed by atoms with van der Waals surface area (Å²) in [5.74, 6) is 3.93. The number of carbonyl (C=O) groups is 1. The van der Waals surface area contributed by atoms with Crippen molar-refractivity contribution in [2.75, 3.05) is 11.1 Å². The predicted molar refractivity (Wildman–Crippen MR) is 129 cm³/mol. The average Bonchev–Trinajstić information content (AvgIpc) is 3.17. The lowest BCUT2D eigenvalue weighted by atomic mass is 9.98. The van der Waals surface area contributed by atoms with Crippen molar-refractivity contribution in [2.45, 2.75) is 34.1 Å². The average molecular weight is 413 g/mol. The fraction of sp³-hybridized carbons (Fsp3) is 0.231. The van der Waals surface area contributed by atoms with Gasteiger partial charge < -0.3 is 16.4 Å². The Morgan fingerprint density at radius 3 is 2.42 bits per heavy atom. The highest BCUT2D eigenvalue weighted by molar-refractivity contribution is 6.12. The van der Waals surface area contributed by atoms with Crippen LogP contribution in [0.15, 0.2) is 70.7 Å². The third kappa shape index (κ3) is 5.64. The van der Waals surface area contributed by atoms with Crippen LogP contribution in [0.5, 0.6) is 0 Å². The van der Waals surface area contributed by atoms with Crippen molar-refractivity contribution >= 4 is 28.8 Å². The van der Waals surface area contributed by atoms with Crippen LogP contribution in [0.25, 0.3) is 5.70 Å². The van der Waals surface area contributed by atoms with Crippen molar-refractivity contribution in [1.29, 1.82) is 0 Å². The van der Waals surface area contributed by atoms with Gasteiger partial charge in [0, 0.05) is 28.7 Å². The van der Waals surface area contributed by atoms with Gasteiger partial charge in [-0.3, -0.25) is 4.79 Å². The normalized spacial score (nSPS) is 15.8. The maximum absolute atomic E-state index is 12.3. The zero-order valence-corrected chi connectivity index (χ0v) is 18.4. The SMILES string of the molecule is CC#CN=C1NC(c2ccc(NC(=O)Cc3ccc(N)cc3)cc2)=C/C1=C(/C)C(C)C. The third-order valence-corrected chi connectivity index (χ3v) is 5.19. The number of anilines is 2. The molecule has 0 fully saturated rings. The fourth-order valence-corrected chi connectivity index (χ4v) is 3.17. The minimum atomic E-state index is -0.0685. The van der Waals surface area contributed by atoms with E-state index in [4.69, 9.17) is 5.73 Å². The molecule has 0 unspecified atom stereocenters. The summed E-state index contributed by atoms with van der Waals surface area (Å²) in [5, 5.41) is 6.32. The number of hydrogen-bond acceptors (Lipinski definition) is 3. The highest BCUT2D eigenvalue weighted by Gasteiger charge is 2.20. The highest BCUT2D eigenvalue weighted by atomic mass is 16.1. The van der Waals surface area contributed by atoms with Crippen molar-refractivity contribution in [2.24, 2.45) is 10.9 Å². The van der Waals surface area contributed by atoms with Gasteiger partial charge in [-0.25, -0.2) is 0 Å². The summed E-state index contributed by atoms with van der Waals surface area (Å²) in [6.45, 7) is 8.22. The molecule has 0 atom stereocenters. The molecule has 4 N–H and O–H groups in total. The lowest BCUT2D eigenvalue weighted by molar-refractivity contribution is -0.115. The first-order valence-corrected chi connectivity index (χ1v) is 10.3. The molecule has 1 heterocycles. The summed E-state index contributed by atoms with van der Waals surface area (Å²) < 4.78 is 0. The Kier molecular flexibility index (Phi) is 6.94. The third-order valence-electron chi connectivity index (χ3n) is 5.19. The molecule has 5 heteroatoms. The number of carbonyl (C=O) groups excluding carboxylic acids is 1. The van der Waals surface area contributed by atoms with E-state index in [1.807, 2.05) is 36.4 Å². The van der Waals surface area contributed by atoms with E-state index in [1.165, 1.54) is 5.57 Å². The summed E-state index contributed by atoms with van der Waals surface area (Å²) in [4.78, 5) is 16.7. The van der Waals surface area contributed by atoms with Gasteiger partial charge in [0.05, 0.1) is 6.42 Å². The molecule has 31 heavy (non-hydrogen) atoms. The van der Waals surface area contributed by atoms with Crippen LogP contribution in [-0.4, -0.2) is 11.7 Å².